The summed E-state index contributed by atoms with van der Waals surface area (Å²) in [4.78, 5) is 23.4. The van der Waals surface area contributed by atoms with Gasteiger partial charge in [0.2, 0.25) is 5.91 Å². The number of carboxylic acid groups (broad SMARTS) is 1. The molecule has 4 nitrogen and oxygen atoms in total. The predicted molar refractivity (Wildman–Crippen MR) is 88.7 cm³/mol. The largest absolute Gasteiger partial charge is 0.481 e. The van der Waals surface area contributed by atoms with Crippen LogP contribution in [0.4, 0.5) is 5.69 Å². The highest BCUT2D eigenvalue weighted by atomic mass is 79.9. The number of nitrogens with one attached hydrogen (secondary N) is 1. The zero-order valence-electron chi connectivity index (χ0n) is 11.8. The quantitative estimate of drug-likeness (QED) is 0.823. The molecule has 0 aliphatic heterocycles. The van der Waals surface area contributed by atoms with Crippen LogP contribution in [-0.2, 0) is 16.0 Å². The van der Waals surface area contributed by atoms with Crippen molar-refractivity contribution in [2.45, 2.75) is 12.8 Å². The molecular weight excluding hydrogens is 346 g/mol. The van der Waals surface area contributed by atoms with Gasteiger partial charge in [0.25, 0.3) is 0 Å². The molecule has 2 rings (SSSR count). The van der Waals surface area contributed by atoms with Gasteiger partial charge >= 0.3 is 5.97 Å². The summed E-state index contributed by atoms with van der Waals surface area (Å²) in [5.41, 5.74) is 1.59. The fraction of sp³-hybridized carbons (Fsp3) is 0.176. The van der Waals surface area contributed by atoms with Gasteiger partial charge in [0.05, 0.1) is 12.3 Å². The molecule has 1 atom stereocenters. The first kappa shape index (κ1) is 16.2. The minimum Gasteiger partial charge on any atom is -0.481 e. The first-order valence-corrected chi connectivity index (χ1v) is 7.66. The van der Waals surface area contributed by atoms with Gasteiger partial charge in [-0.25, -0.2) is 0 Å². The fourth-order valence-electron chi connectivity index (χ4n) is 2.14. The number of amides is 1. The molecule has 0 aliphatic rings. The molecule has 2 N–H and O–H groups in total. The first-order chi connectivity index (χ1) is 10.5. The van der Waals surface area contributed by atoms with Crippen LogP contribution in [0.3, 0.4) is 0 Å². The van der Waals surface area contributed by atoms with Gasteiger partial charge in [-0.05, 0) is 36.2 Å². The fourth-order valence-corrected chi connectivity index (χ4v) is 2.40. The molecule has 0 unspecified atom stereocenters. The number of hydrogen-bond donors (Lipinski definition) is 2. The number of carboxylic acids is 1. The Labute approximate surface area is 137 Å². The molecule has 0 bridgehead atoms. The van der Waals surface area contributed by atoms with E-state index in [-0.39, 0.29) is 12.3 Å². The highest BCUT2D eigenvalue weighted by molar-refractivity contribution is 9.10. The number of benzene rings is 2. The van der Waals surface area contributed by atoms with Crippen LogP contribution in [0, 0.1) is 5.92 Å². The number of para-hydroxylation sites is 1. The van der Waals surface area contributed by atoms with Gasteiger partial charge in [-0.2, -0.15) is 0 Å². The Morgan fingerprint density at radius 3 is 2.27 bits per heavy atom. The minimum atomic E-state index is -0.981. The lowest BCUT2D eigenvalue weighted by molar-refractivity contribution is -0.140. The molecule has 0 saturated heterocycles. The minimum absolute atomic E-state index is 0.200. The smallest absolute Gasteiger partial charge is 0.304 e. The van der Waals surface area contributed by atoms with Crippen molar-refractivity contribution in [2.75, 3.05) is 5.32 Å². The van der Waals surface area contributed by atoms with Gasteiger partial charge < -0.3 is 10.4 Å². The van der Waals surface area contributed by atoms with E-state index in [4.69, 9.17) is 5.11 Å². The van der Waals surface area contributed by atoms with E-state index in [0.29, 0.717) is 12.1 Å². The molecule has 0 aromatic heterocycles. The summed E-state index contributed by atoms with van der Waals surface area (Å²) in [5, 5.41) is 11.8. The van der Waals surface area contributed by atoms with Crippen LogP contribution in [-0.4, -0.2) is 17.0 Å². The van der Waals surface area contributed by atoms with Crippen LogP contribution in [0.1, 0.15) is 12.0 Å². The molecule has 0 fully saturated rings. The summed E-state index contributed by atoms with van der Waals surface area (Å²) in [6.07, 6.45) is 0.187. The van der Waals surface area contributed by atoms with Crippen molar-refractivity contribution in [1.82, 2.24) is 0 Å². The van der Waals surface area contributed by atoms with Crippen molar-refractivity contribution in [2.24, 2.45) is 5.92 Å². The van der Waals surface area contributed by atoms with Gasteiger partial charge in [-0.15, -0.1) is 0 Å². The molecule has 5 heteroatoms. The van der Waals surface area contributed by atoms with Crippen molar-refractivity contribution < 1.29 is 14.7 Å². The number of anilines is 1. The van der Waals surface area contributed by atoms with Gasteiger partial charge in [-0.3, -0.25) is 9.59 Å². The molecule has 22 heavy (non-hydrogen) atoms. The summed E-state index contributed by atoms with van der Waals surface area (Å²) >= 11 is 3.35. The number of halogens is 1. The lowest BCUT2D eigenvalue weighted by Crippen LogP contribution is -2.27. The predicted octanol–water partition coefficient (Wildman–Crippen LogP) is 3.72. The Kier molecular flexibility index (Phi) is 5.72. The SMILES string of the molecule is O=C(O)C[C@@H](Cc1ccc(Br)cc1)C(=O)Nc1ccccc1. The summed E-state index contributed by atoms with van der Waals surface area (Å²) in [6.45, 7) is 0. The maximum absolute atomic E-state index is 12.3. The summed E-state index contributed by atoms with van der Waals surface area (Å²) in [7, 11) is 0. The Morgan fingerprint density at radius 2 is 1.68 bits per heavy atom. The zero-order valence-corrected chi connectivity index (χ0v) is 13.4. The van der Waals surface area contributed by atoms with E-state index in [1.807, 2.05) is 42.5 Å². The van der Waals surface area contributed by atoms with Crippen LogP contribution < -0.4 is 5.32 Å². The summed E-state index contributed by atoms with van der Waals surface area (Å²) in [5.74, 6) is -1.87. The molecule has 2 aromatic carbocycles. The van der Waals surface area contributed by atoms with Crippen LogP contribution >= 0.6 is 15.9 Å². The molecule has 0 spiro atoms. The second-order valence-electron chi connectivity index (χ2n) is 4.98. The molecule has 2 aromatic rings. The van der Waals surface area contributed by atoms with Crippen molar-refractivity contribution >= 4 is 33.5 Å². The molecular formula is C17H16BrNO3. The Bertz CT molecular complexity index is 641. The molecule has 0 heterocycles. The van der Waals surface area contributed by atoms with Crippen molar-refractivity contribution in [3.63, 3.8) is 0 Å². The van der Waals surface area contributed by atoms with E-state index in [0.717, 1.165) is 10.0 Å². The lowest BCUT2D eigenvalue weighted by Gasteiger charge is -2.15. The van der Waals surface area contributed by atoms with Gasteiger partial charge in [-0.1, -0.05) is 46.3 Å². The van der Waals surface area contributed by atoms with Crippen molar-refractivity contribution in [1.29, 1.82) is 0 Å². The van der Waals surface area contributed by atoms with E-state index in [9.17, 15) is 9.59 Å². The van der Waals surface area contributed by atoms with E-state index >= 15 is 0 Å². The third-order valence-electron chi connectivity index (χ3n) is 3.23. The molecule has 114 valence electrons. The second-order valence-corrected chi connectivity index (χ2v) is 5.90. The van der Waals surface area contributed by atoms with Gasteiger partial charge in [0.15, 0.2) is 0 Å². The van der Waals surface area contributed by atoms with E-state index in [1.54, 1.807) is 12.1 Å². The van der Waals surface area contributed by atoms with E-state index in [2.05, 4.69) is 21.2 Å². The molecule has 0 radical (unpaired) electrons. The van der Waals surface area contributed by atoms with Crippen LogP contribution in [0.15, 0.2) is 59.1 Å². The average Bonchev–Trinajstić information content (AvgIpc) is 2.49. The van der Waals surface area contributed by atoms with Crippen molar-refractivity contribution in [3.8, 4) is 0 Å². The average molecular weight is 362 g/mol. The number of carbonyl (C=O) groups excluding carboxylic acids is 1. The number of rotatable bonds is 6. The Balaban J connectivity index is 2.09. The summed E-state index contributed by atoms with van der Waals surface area (Å²) in [6, 6.07) is 16.6. The van der Waals surface area contributed by atoms with Crippen molar-refractivity contribution in [3.05, 3.63) is 64.6 Å². The molecule has 0 aliphatic carbocycles. The van der Waals surface area contributed by atoms with Crippen LogP contribution in [0.2, 0.25) is 0 Å². The monoisotopic (exact) mass is 361 g/mol. The summed E-state index contributed by atoms with van der Waals surface area (Å²) < 4.78 is 0.944. The van der Waals surface area contributed by atoms with Crippen LogP contribution in [0.25, 0.3) is 0 Å². The maximum atomic E-state index is 12.3. The molecule has 0 saturated carbocycles. The highest BCUT2D eigenvalue weighted by Crippen LogP contribution is 2.18. The van der Waals surface area contributed by atoms with Crippen LogP contribution in [0.5, 0.6) is 0 Å². The van der Waals surface area contributed by atoms with Gasteiger partial charge in [0, 0.05) is 10.2 Å². The third-order valence-corrected chi connectivity index (χ3v) is 3.76. The second kappa shape index (κ2) is 7.75. The van der Waals surface area contributed by atoms with E-state index < -0.39 is 11.9 Å². The highest BCUT2D eigenvalue weighted by Gasteiger charge is 2.22. The standard InChI is InChI=1S/C17H16BrNO3/c18-14-8-6-12(7-9-14)10-13(11-16(20)21)17(22)19-15-4-2-1-3-5-15/h1-9,13H,10-11H2,(H,19,22)(H,20,21)/t13-/m1/s1. The number of carbonyl (C=O) groups is 2. The Hall–Kier alpha value is -2.14. The van der Waals surface area contributed by atoms with E-state index in [1.165, 1.54) is 0 Å². The molecule has 1 amide bonds. The third kappa shape index (κ3) is 5.00. The normalized spacial score (nSPS) is 11.7. The number of aliphatic carboxylic acids is 1. The topological polar surface area (TPSA) is 66.4 Å². The van der Waals surface area contributed by atoms with Gasteiger partial charge in [0.1, 0.15) is 0 Å². The first-order valence-electron chi connectivity index (χ1n) is 6.87. The number of hydrogen-bond acceptors (Lipinski definition) is 2. The lowest BCUT2D eigenvalue weighted by atomic mass is 9.95. The maximum Gasteiger partial charge on any atom is 0.304 e. The zero-order chi connectivity index (χ0) is 15.9. The Morgan fingerprint density at radius 1 is 1.05 bits per heavy atom.